The topological polar surface area (TPSA) is 59.6 Å². The van der Waals surface area contributed by atoms with E-state index in [1.807, 2.05) is 0 Å². The molecule has 0 bridgehead atoms. The zero-order chi connectivity index (χ0) is 15.1. The van der Waals surface area contributed by atoms with Crippen LogP contribution in [0.1, 0.15) is 6.92 Å². The van der Waals surface area contributed by atoms with Crippen LogP contribution in [0.2, 0.25) is 5.02 Å². The fourth-order valence-electron chi connectivity index (χ4n) is 1.56. The first-order valence-corrected chi connectivity index (χ1v) is 6.30. The summed E-state index contributed by atoms with van der Waals surface area (Å²) in [5.41, 5.74) is 0.599. The molecule has 0 saturated heterocycles. The van der Waals surface area contributed by atoms with E-state index in [1.54, 1.807) is 19.1 Å². The number of carbonyl (C=O) groups excluding carboxylic acids is 1. The van der Waals surface area contributed by atoms with Gasteiger partial charge in [-0.3, -0.25) is 4.79 Å². The first-order valence-electron chi connectivity index (χ1n) is 5.92. The monoisotopic (exact) mass is 296 g/mol. The lowest BCUT2D eigenvalue weighted by Crippen LogP contribution is -2.37. The highest BCUT2D eigenvalue weighted by Crippen LogP contribution is 2.36. The molecule has 108 valence electrons. The van der Waals surface area contributed by atoms with Crippen LogP contribution in [0.15, 0.2) is 12.1 Å². The first kappa shape index (κ1) is 16.0. The number of hydrogen-bond donors (Lipinski definition) is 2. The van der Waals surface area contributed by atoms with E-state index in [4.69, 9.17) is 27.5 Å². The van der Waals surface area contributed by atoms with Crippen LogP contribution in [0.3, 0.4) is 0 Å². The average Bonchev–Trinajstić information content (AvgIpc) is 2.44. The number of hydrogen-bond acceptors (Lipinski definition) is 4. The number of carbonyl (C=O) groups is 1. The van der Waals surface area contributed by atoms with Crippen molar-refractivity contribution in [2.45, 2.75) is 13.0 Å². The average molecular weight is 297 g/mol. The summed E-state index contributed by atoms with van der Waals surface area (Å²) in [5, 5.41) is 6.03. The summed E-state index contributed by atoms with van der Waals surface area (Å²) in [6.45, 7) is 1.90. The predicted octanol–water partition coefficient (Wildman–Crippen LogP) is 1.91. The molecule has 0 aliphatic heterocycles. The Morgan fingerprint density at radius 1 is 1.40 bits per heavy atom. The van der Waals surface area contributed by atoms with E-state index in [2.05, 4.69) is 16.6 Å². The Hall–Kier alpha value is -2.06. The number of ether oxygens (including phenoxy) is 2. The zero-order valence-electron chi connectivity index (χ0n) is 11.6. The molecule has 0 fully saturated rings. The fraction of sp³-hybridized carbons (Fsp3) is 0.357. The van der Waals surface area contributed by atoms with Crippen LogP contribution in [-0.2, 0) is 4.79 Å². The van der Waals surface area contributed by atoms with Crippen LogP contribution in [-0.4, -0.2) is 32.7 Å². The Kier molecular flexibility index (Phi) is 6.01. The summed E-state index contributed by atoms with van der Waals surface area (Å²) in [7, 11) is 3.04. The lowest BCUT2D eigenvalue weighted by Gasteiger charge is -2.18. The summed E-state index contributed by atoms with van der Waals surface area (Å²) in [4.78, 5) is 11.7. The van der Waals surface area contributed by atoms with Crippen molar-refractivity contribution in [1.82, 2.24) is 5.32 Å². The second kappa shape index (κ2) is 7.51. The zero-order valence-corrected chi connectivity index (χ0v) is 12.4. The maximum atomic E-state index is 11.7. The summed E-state index contributed by atoms with van der Waals surface area (Å²) in [6, 6.07) is 2.81. The third kappa shape index (κ3) is 3.97. The van der Waals surface area contributed by atoms with Gasteiger partial charge >= 0.3 is 0 Å². The van der Waals surface area contributed by atoms with Gasteiger partial charge in [0.1, 0.15) is 17.5 Å². The molecule has 0 heterocycles. The normalized spacial score (nSPS) is 11.2. The number of terminal acetylenes is 1. The van der Waals surface area contributed by atoms with Crippen molar-refractivity contribution in [2.75, 3.05) is 26.1 Å². The molecule has 1 amide bonds. The van der Waals surface area contributed by atoms with Gasteiger partial charge < -0.3 is 20.1 Å². The number of nitrogens with one attached hydrogen (secondary N) is 2. The SMILES string of the molecule is C#CCNC(=O)C(C)Nc1cc(Cl)c(OC)cc1OC. The standard InChI is InChI=1S/C14H17ClN2O3/c1-5-6-16-14(18)9(2)17-11-7-10(15)12(19-3)8-13(11)20-4/h1,7-9,17H,6H2,2-4H3,(H,16,18). The molecule has 0 saturated carbocycles. The molecule has 2 N–H and O–H groups in total. The van der Waals surface area contributed by atoms with Gasteiger partial charge in [0.05, 0.1) is 31.5 Å². The highest BCUT2D eigenvalue weighted by Gasteiger charge is 2.16. The van der Waals surface area contributed by atoms with Crippen molar-refractivity contribution in [3.8, 4) is 23.8 Å². The largest absolute Gasteiger partial charge is 0.495 e. The maximum absolute atomic E-state index is 11.7. The van der Waals surface area contributed by atoms with E-state index < -0.39 is 6.04 Å². The molecule has 0 aliphatic rings. The van der Waals surface area contributed by atoms with E-state index in [1.165, 1.54) is 14.2 Å². The first-order chi connectivity index (χ1) is 9.53. The Balaban J connectivity index is 2.89. The molecule has 20 heavy (non-hydrogen) atoms. The number of rotatable bonds is 6. The Bertz CT molecular complexity index is 526. The van der Waals surface area contributed by atoms with Crippen LogP contribution in [0.4, 0.5) is 5.69 Å². The minimum Gasteiger partial charge on any atom is -0.495 e. The van der Waals surface area contributed by atoms with Crippen molar-refractivity contribution in [1.29, 1.82) is 0 Å². The molecule has 0 radical (unpaired) electrons. The molecule has 5 nitrogen and oxygen atoms in total. The maximum Gasteiger partial charge on any atom is 0.242 e. The number of methoxy groups -OCH3 is 2. The molecule has 1 aromatic carbocycles. The van der Waals surface area contributed by atoms with E-state index in [-0.39, 0.29) is 12.5 Å². The van der Waals surface area contributed by atoms with Crippen molar-refractivity contribution >= 4 is 23.2 Å². The van der Waals surface area contributed by atoms with Crippen LogP contribution in [0.25, 0.3) is 0 Å². The lowest BCUT2D eigenvalue weighted by molar-refractivity contribution is -0.121. The quantitative estimate of drug-likeness (QED) is 0.787. The van der Waals surface area contributed by atoms with Crippen LogP contribution in [0.5, 0.6) is 11.5 Å². The Labute approximate surface area is 123 Å². The minimum atomic E-state index is -0.485. The van der Waals surface area contributed by atoms with E-state index >= 15 is 0 Å². The van der Waals surface area contributed by atoms with E-state index in [0.717, 1.165) is 0 Å². The molecule has 1 aromatic rings. The molecule has 6 heteroatoms. The predicted molar refractivity (Wildman–Crippen MR) is 79.5 cm³/mol. The van der Waals surface area contributed by atoms with Gasteiger partial charge in [-0.25, -0.2) is 0 Å². The summed E-state index contributed by atoms with van der Waals surface area (Å²) < 4.78 is 10.3. The Morgan fingerprint density at radius 2 is 2.05 bits per heavy atom. The highest BCUT2D eigenvalue weighted by atomic mass is 35.5. The van der Waals surface area contributed by atoms with Gasteiger partial charge in [-0.15, -0.1) is 6.42 Å². The van der Waals surface area contributed by atoms with Crippen LogP contribution >= 0.6 is 11.6 Å². The van der Waals surface area contributed by atoms with Crippen molar-refractivity contribution in [2.24, 2.45) is 0 Å². The number of halogens is 1. The van der Waals surface area contributed by atoms with Crippen LogP contribution < -0.4 is 20.1 Å². The Morgan fingerprint density at radius 3 is 2.60 bits per heavy atom. The fourth-order valence-corrected chi connectivity index (χ4v) is 1.80. The van der Waals surface area contributed by atoms with Crippen LogP contribution in [0, 0.1) is 12.3 Å². The summed E-state index contributed by atoms with van der Waals surface area (Å²) in [5.74, 6) is 3.16. The van der Waals surface area contributed by atoms with Gasteiger partial charge in [-0.05, 0) is 13.0 Å². The third-order valence-corrected chi connectivity index (χ3v) is 2.90. The van der Waals surface area contributed by atoms with Crippen molar-refractivity contribution in [3.63, 3.8) is 0 Å². The molecular formula is C14H17ClN2O3. The molecule has 1 atom stereocenters. The summed E-state index contributed by atoms with van der Waals surface area (Å²) in [6.07, 6.45) is 5.09. The molecular weight excluding hydrogens is 280 g/mol. The smallest absolute Gasteiger partial charge is 0.242 e. The number of anilines is 1. The second-order valence-electron chi connectivity index (χ2n) is 3.97. The van der Waals surface area contributed by atoms with Gasteiger partial charge in [0.2, 0.25) is 5.91 Å². The molecule has 0 spiro atoms. The molecule has 0 aliphatic carbocycles. The van der Waals surface area contributed by atoms with Gasteiger partial charge in [0.15, 0.2) is 0 Å². The summed E-state index contributed by atoms with van der Waals surface area (Å²) >= 11 is 6.06. The number of benzene rings is 1. The third-order valence-electron chi connectivity index (χ3n) is 2.60. The van der Waals surface area contributed by atoms with Gasteiger partial charge in [0, 0.05) is 6.07 Å². The van der Waals surface area contributed by atoms with Gasteiger partial charge in [-0.1, -0.05) is 17.5 Å². The minimum absolute atomic E-state index is 0.186. The molecule has 1 unspecified atom stereocenters. The molecule has 1 rings (SSSR count). The van der Waals surface area contributed by atoms with Gasteiger partial charge in [-0.2, -0.15) is 0 Å². The number of amides is 1. The lowest BCUT2D eigenvalue weighted by atomic mass is 10.2. The van der Waals surface area contributed by atoms with Crippen molar-refractivity contribution in [3.05, 3.63) is 17.2 Å². The molecule has 0 aromatic heterocycles. The van der Waals surface area contributed by atoms with Crippen molar-refractivity contribution < 1.29 is 14.3 Å². The highest BCUT2D eigenvalue weighted by molar-refractivity contribution is 6.32. The second-order valence-corrected chi connectivity index (χ2v) is 4.38. The van der Waals surface area contributed by atoms with Gasteiger partial charge in [0.25, 0.3) is 0 Å². The van der Waals surface area contributed by atoms with E-state index in [0.29, 0.717) is 22.2 Å². The van der Waals surface area contributed by atoms with E-state index in [9.17, 15) is 4.79 Å².